The van der Waals surface area contributed by atoms with Crippen LogP contribution in [0.25, 0.3) is 0 Å². The molecular formula is C26H26Cl2N2O2. The molecule has 2 fully saturated rings. The lowest BCUT2D eigenvalue weighted by molar-refractivity contribution is -0.143. The molecule has 1 saturated heterocycles. The maximum Gasteiger partial charge on any atom is 0.226 e. The molecule has 32 heavy (non-hydrogen) atoms. The van der Waals surface area contributed by atoms with Gasteiger partial charge in [0, 0.05) is 40.9 Å². The molecule has 1 amide bonds. The minimum Gasteiger partial charge on any atom is -0.361 e. The Labute approximate surface area is 198 Å². The molecule has 1 saturated carbocycles. The SMILES string of the molecule is Cc1cc(CC2CC(c3cccc(Cl)c3)C(c3ccc(Cl)cc3)N(CC3CC3)C2=O)no1. The topological polar surface area (TPSA) is 46.3 Å². The first-order valence-corrected chi connectivity index (χ1v) is 12.0. The van der Waals surface area contributed by atoms with Crippen molar-refractivity contribution in [1.82, 2.24) is 10.1 Å². The molecule has 4 nitrogen and oxygen atoms in total. The highest BCUT2D eigenvalue weighted by atomic mass is 35.5. The number of hydrogen-bond acceptors (Lipinski definition) is 3. The van der Waals surface area contributed by atoms with Crippen LogP contribution in [-0.2, 0) is 11.2 Å². The van der Waals surface area contributed by atoms with Gasteiger partial charge in [0.25, 0.3) is 0 Å². The number of rotatable bonds is 6. The molecule has 0 bridgehead atoms. The van der Waals surface area contributed by atoms with E-state index in [1.165, 1.54) is 12.8 Å². The molecule has 1 aromatic heterocycles. The van der Waals surface area contributed by atoms with Crippen molar-refractivity contribution in [1.29, 1.82) is 0 Å². The van der Waals surface area contributed by atoms with E-state index in [2.05, 4.69) is 28.3 Å². The highest BCUT2D eigenvalue weighted by Crippen LogP contribution is 2.48. The van der Waals surface area contributed by atoms with Gasteiger partial charge in [-0.3, -0.25) is 4.79 Å². The fourth-order valence-corrected chi connectivity index (χ4v) is 5.30. The molecule has 3 unspecified atom stereocenters. The summed E-state index contributed by atoms with van der Waals surface area (Å²) >= 11 is 12.6. The van der Waals surface area contributed by atoms with Crippen LogP contribution in [0.4, 0.5) is 0 Å². The first-order valence-electron chi connectivity index (χ1n) is 11.2. The Morgan fingerprint density at radius 3 is 2.47 bits per heavy atom. The van der Waals surface area contributed by atoms with Crippen molar-refractivity contribution >= 4 is 29.1 Å². The molecule has 1 aliphatic heterocycles. The molecule has 2 aliphatic rings. The van der Waals surface area contributed by atoms with Gasteiger partial charge in [0.1, 0.15) is 5.76 Å². The van der Waals surface area contributed by atoms with Gasteiger partial charge in [-0.05, 0) is 67.5 Å². The van der Waals surface area contributed by atoms with Crippen molar-refractivity contribution in [3.8, 4) is 0 Å². The maximum atomic E-state index is 13.8. The molecule has 2 heterocycles. The van der Waals surface area contributed by atoms with E-state index in [0.29, 0.717) is 22.4 Å². The van der Waals surface area contributed by atoms with Crippen LogP contribution in [0, 0.1) is 18.8 Å². The fraction of sp³-hybridized carbons (Fsp3) is 0.385. The first kappa shape index (κ1) is 21.5. The molecule has 1 aliphatic carbocycles. The number of carbonyl (C=O) groups is 1. The summed E-state index contributed by atoms with van der Waals surface area (Å²) in [5, 5.41) is 5.57. The van der Waals surface area contributed by atoms with E-state index in [4.69, 9.17) is 27.7 Å². The third-order valence-electron chi connectivity index (χ3n) is 6.66. The zero-order valence-corrected chi connectivity index (χ0v) is 19.5. The summed E-state index contributed by atoms with van der Waals surface area (Å²) in [7, 11) is 0. The number of benzene rings is 2. The predicted molar refractivity (Wildman–Crippen MR) is 126 cm³/mol. The van der Waals surface area contributed by atoms with Crippen molar-refractivity contribution in [2.75, 3.05) is 6.54 Å². The lowest BCUT2D eigenvalue weighted by atomic mass is 9.74. The second-order valence-corrected chi connectivity index (χ2v) is 10.0. The summed E-state index contributed by atoms with van der Waals surface area (Å²) in [5.74, 6) is 1.54. The summed E-state index contributed by atoms with van der Waals surface area (Å²) in [6.07, 6.45) is 3.69. The molecule has 3 atom stereocenters. The second kappa shape index (κ2) is 8.92. The smallest absolute Gasteiger partial charge is 0.226 e. The van der Waals surface area contributed by atoms with E-state index < -0.39 is 0 Å². The standard InChI is InChI=1S/C26H26Cl2N2O2/c1-16-11-23(29-32-16)13-20-14-24(19-3-2-4-22(28)12-19)25(18-7-9-21(27)10-8-18)30(26(20)31)15-17-5-6-17/h2-4,7-12,17,20,24-25H,5-6,13-15H2,1H3. The Bertz CT molecular complexity index is 1110. The summed E-state index contributed by atoms with van der Waals surface area (Å²) in [5.41, 5.74) is 3.11. The van der Waals surface area contributed by atoms with Gasteiger partial charge in [0.05, 0.1) is 11.7 Å². The van der Waals surface area contributed by atoms with E-state index in [1.807, 2.05) is 43.3 Å². The number of likely N-dealkylation sites (tertiary alicyclic amines) is 1. The number of aromatic nitrogens is 1. The number of nitrogens with zero attached hydrogens (tertiary/aromatic N) is 2. The van der Waals surface area contributed by atoms with Crippen LogP contribution in [0.2, 0.25) is 10.0 Å². The second-order valence-electron chi connectivity index (χ2n) is 9.16. The molecule has 0 spiro atoms. The van der Waals surface area contributed by atoms with Gasteiger partial charge in [-0.1, -0.05) is 52.6 Å². The summed E-state index contributed by atoms with van der Waals surface area (Å²) in [6, 6.07) is 17.9. The zero-order valence-electron chi connectivity index (χ0n) is 18.0. The minimum atomic E-state index is -0.147. The Morgan fingerprint density at radius 2 is 1.81 bits per heavy atom. The van der Waals surface area contributed by atoms with E-state index in [0.717, 1.165) is 35.5 Å². The van der Waals surface area contributed by atoms with Gasteiger partial charge >= 0.3 is 0 Å². The van der Waals surface area contributed by atoms with Crippen molar-refractivity contribution in [3.05, 3.63) is 87.2 Å². The predicted octanol–water partition coefficient (Wildman–Crippen LogP) is 6.62. The number of piperidine rings is 1. The fourth-order valence-electron chi connectivity index (χ4n) is 4.97. The van der Waals surface area contributed by atoms with Gasteiger partial charge in [0.15, 0.2) is 0 Å². The number of amides is 1. The van der Waals surface area contributed by atoms with E-state index in [1.54, 1.807) is 0 Å². The monoisotopic (exact) mass is 468 g/mol. The third-order valence-corrected chi connectivity index (χ3v) is 7.15. The third kappa shape index (κ3) is 4.57. The van der Waals surface area contributed by atoms with E-state index >= 15 is 0 Å². The maximum absolute atomic E-state index is 13.8. The minimum absolute atomic E-state index is 0.0471. The van der Waals surface area contributed by atoms with Gasteiger partial charge in [0.2, 0.25) is 5.91 Å². The van der Waals surface area contributed by atoms with Crippen LogP contribution in [0.5, 0.6) is 0 Å². The first-order chi connectivity index (χ1) is 15.5. The lowest BCUT2D eigenvalue weighted by Crippen LogP contribution is -2.48. The average molecular weight is 469 g/mol. The van der Waals surface area contributed by atoms with Gasteiger partial charge < -0.3 is 9.42 Å². The van der Waals surface area contributed by atoms with Crippen LogP contribution < -0.4 is 0 Å². The molecule has 0 radical (unpaired) electrons. The van der Waals surface area contributed by atoms with Crippen LogP contribution in [-0.4, -0.2) is 22.5 Å². The molecule has 6 heteroatoms. The van der Waals surface area contributed by atoms with Crippen LogP contribution in [0.15, 0.2) is 59.1 Å². The van der Waals surface area contributed by atoms with Crippen molar-refractivity contribution in [2.45, 2.75) is 44.6 Å². The van der Waals surface area contributed by atoms with Crippen molar-refractivity contribution < 1.29 is 9.32 Å². The van der Waals surface area contributed by atoms with E-state index in [9.17, 15) is 4.79 Å². The molecule has 3 aromatic rings. The number of aryl methyl sites for hydroxylation is 1. The summed E-state index contributed by atoms with van der Waals surface area (Å²) < 4.78 is 5.27. The van der Waals surface area contributed by atoms with E-state index in [-0.39, 0.29) is 23.8 Å². The Morgan fingerprint density at radius 1 is 1.03 bits per heavy atom. The van der Waals surface area contributed by atoms with Gasteiger partial charge in [-0.2, -0.15) is 0 Å². The normalized spacial score (nSPS) is 23.5. The largest absolute Gasteiger partial charge is 0.361 e. The Hall–Kier alpha value is -2.30. The zero-order chi connectivity index (χ0) is 22.2. The quantitative estimate of drug-likeness (QED) is 0.408. The lowest BCUT2D eigenvalue weighted by Gasteiger charge is -2.45. The number of carbonyl (C=O) groups excluding carboxylic acids is 1. The van der Waals surface area contributed by atoms with Crippen LogP contribution in [0.1, 0.15) is 53.8 Å². The molecule has 0 N–H and O–H groups in total. The average Bonchev–Trinajstić information content (AvgIpc) is 3.50. The number of halogens is 2. The summed E-state index contributed by atoms with van der Waals surface area (Å²) in [6.45, 7) is 2.67. The molecule has 166 valence electrons. The Kier molecular flexibility index (Phi) is 6.00. The van der Waals surface area contributed by atoms with Gasteiger partial charge in [-0.25, -0.2) is 0 Å². The highest BCUT2D eigenvalue weighted by Gasteiger charge is 2.44. The molecule has 5 rings (SSSR count). The van der Waals surface area contributed by atoms with Crippen molar-refractivity contribution in [3.63, 3.8) is 0 Å². The Balaban J connectivity index is 1.56. The summed E-state index contributed by atoms with van der Waals surface area (Å²) in [4.78, 5) is 15.9. The van der Waals surface area contributed by atoms with Crippen molar-refractivity contribution in [2.24, 2.45) is 11.8 Å². The molecular weight excluding hydrogens is 443 g/mol. The van der Waals surface area contributed by atoms with Crippen LogP contribution in [0.3, 0.4) is 0 Å². The van der Waals surface area contributed by atoms with Gasteiger partial charge in [-0.15, -0.1) is 0 Å². The highest BCUT2D eigenvalue weighted by molar-refractivity contribution is 6.30. The number of hydrogen-bond donors (Lipinski definition) is 0. The molecule has 2 aromatic carbocycles. The van der Waals surface area contributed by atoms with Crippen LogP contribution >= 0.6 is 23.2 Å².